The van der Waals surface area contributed by atoms with Crippen LogP contribution in [0.1, 0.15) is 10.8 Å². The minimum absolute atomic E-state index is 0.264. The van der Waals surface area contributed by atoms with Crippen molar-refractivity contribution in [1.29, 1.82) is 0 Å². The molecule has 0 aliphatic heterocycles. The van der Waals surface area contributed by atoms with Crippen molar-refractivity contribution in [3.63, 3.8) is 0 Å². The molecule has 1 aromatic carbocycles. The third-order valence-corrected chi connectivity index (χ3v) is 4.33. The molecular formula is C15H11FN4S. The highest BCUT2D eigenvalue weighted by atomic mass is 32.1. The monoisotopic (exact) mass is 298 g/mol. The second-order valence-electron chi connectivity index (χ2n) is 4.84. The third-order valence-electron chi connectivity index (χ3n) is 3.55. The lowest BCUT2D eigenvalue weighted by molar-refractivity contribution is 0.629. The Morgan fingerprint density at radius 1 is 1.24 bits per heavy atom. The first-order chi connectivity index (χ1) is 10.2. The van der Waals surface area contributed by atoms with Crippen LogP contribution in [-0.4, -0.2) is 19.5 Å². The van der Waals surface area contributed by atoms with Crippen molar-refractivity contribution in [3.05, 3.63) is 52.6 Å². The Kier molecular flexibility index (Phi) is 2.71. The van der Waals surface area contributed by atoms with Gasteiger partial charge in [-0.05, 0) is 18.2 Å². The molecule has 0 radical (unpaired) electrons. The number of pyridine rings is 1. The van der Waals surface area contributed by atoms with E-state index >= 15 is 0 Å². The molecule has 0 N–H and O–H groups in total. The van der Waals surface area contributed by atoms with Crippen molar-refractivity contribution in [2.75, 3.05) is 0 Å². The minimum Gasteiger partial charge on any atom is -0.330 e. The highest BCUT2D eigenvalue weighted by Crippen LogP contribution is 2.25. The molecule has 3 aromatic heterocycles. The van der Waals surface area contributed by atoms with E-state index in [9.17, 15) is 4.39 Å². The normalized spacial score (nSPS) is 11.5. The number of aryl methyl sites for hydroxylation is 1. The van der Waals surface area contributed by atoms with Crippen LogP contribution in [0.5, 0.6) is 0 Å². The molecule has 0 aliphatic rings. The Morgan fingerprint density at radius 3 is 2.95 bits per heavy atom. The van der Waals surface area contributed by atoms with Gasteiger partial charge in [-0.25, -0.2) is 14.4 Å². The lowest BCUT2D eigenvalue weighted by atomic mass is 10.2. The molecule has 0 aliphatic carbocycles. The molecule has 0 unspecified atom stereocenters. The van der Waals surface area contributed by atoms with E-state index in [0.717, 1.165) is 32.8 Å². The summed E-state index contributed by atoms with van der Waals surface area (Å²) in [4.78, 5) is 13.2. The van der Waals surface area contributed by atoms with Crippen LogP contribution in [0.2, 0.25) is 0 Å². The maximum absolute atomic E-state index is 13.5. The van der Waals surface area contributed by atoms with Gasteiger partial charge >= 0.3 is 0 Å². The molecule has 0 saturated heterocycles. The SMILES string of the molecule is Cn1c(Cc2nccs2)nc2cnc3ccc(F)cc3c21. The maximum Gasteiger partial charge on any atom is 0.124 e. The summed E-state index contributed by atoms with van der Waals surface area (Å²) in [5, 5.41) is 3.74. The van der Waals surface area contributed by atoms with E-state index in [0.29, 0.717) is 6.42 Å². The maximum atomic E-state index is 13.5. The first-order valence-corrected chi connectivity index (χ1v) is 7.38. The Balaban J connectivity index is 1.97. The predicted octanol–water partition coefficient (Wildman–Crippen LogP) is 3.31. The van der Waals surface area contributed by atoms with Crippen molar-refractivity contribution >= 4 is 33.3 Å². The molecule has 0 saturated carbocycles. The standard InChI is InChI=1S/C15H11FN4S/c1-20-13(7-14-17-4-5-21-14)19-12-8-18-11-3-2-9(16)6-10(11)15(12)20/h2-6,8H,7H2,1H3. The Hall–Kier alpha value is -2.34. The zero-order valence-corrected chi connectivity index (χ0v) is 12.1. The van der Waals surface area contributed by atoms with Crippen LogP contribution < -0.4 is 0 Å². The molecule has 0 spiro atoms. The fourth-order valence-electron chi connectivity index (χ4n) is 2.55. The lowest BCUT2D eigenvalue weighted by Crippen LogP contribution is -1.99. The van der Waals surface area contributed by atoms with Gasteiger partial charge < -0.3 is 4.57 Å². The summed E-state index contributed by atoms with van der Waals surface area (Å²) in [6.07, 6.45) is 4.19. The summed E-state index contributed by atoms with van der Waals surface area (Å²) < 4.78 is 15.5. The Morgan fingerprint density at radius 2 is 2.14 bits per heavy atom. The van der Waals surface area contributed by atoms with E-state index in [-0.39, 0.29) is 5.82 Å². The predicted molar refractivity (Wildman–Crippen MR) is 80.9 cm³/mol. The van der Waals surface area contributed by atoms with E-state index < -0.39 is 0 Å². The Labute approximate surface area is 123 Å². The van der Waals surface area contributed by atoms with Gasteiger partial charge in [0, 0.05) is 24.0 Å². The summed E-state index contributed by atoms with van der Waals surface area (Å²) in [7, 11) is 1.95. The van der Waals surface area contributed by atoms with Crippen LogP contribution in [0.15, 0.2) is 36.0 Å². The zero-order chi connectivity index (χ0) is 14.4. The van der Waals surface area contributed by atoms with Crippen LogP contribution in [-0.2, 0) is 13.5 Å². The van der Waals surface area contributed by atoms with Gasteiger partial charge in [-0.3, -0.25) is 4.98 Å². The molecule has 0 bridgehead atoms. The summed E-state index contributed by atoms with van der Waals surface area (Å²) >= 11 is 1.60. The van der Waals surface area contributed by atoms with E-state index in [1.807, 2.05) is 17.0 Å². The number of thiazole rings is 1. The first-order valence-electron chi connectivity index (χ1n) is 6.50. The number of rotatable bonds is 2. The molecule has 104 valence electrons. The number of aromatic nitrogens is 4. The highest BCUT2D eigenvalue weighted by molar-refractivity contribution is 7.09. The third kappa shape index (κ3) is 1.99. The van der Waals surface area contributed by atoms with Crippen LogP contribution in [0.3, 0.4) is 0 Å². The van der Waals surface area contributed by atoms with Gasteiger partial charge in [-0.15, -0.1) is 11.3 Å². The van der Waals surface area contributed by atoms with Gasteiger partial charge in [0.2, 0.25) is 0 Å². The summed E-state index contributed by atoms with van der Waals surface area (Å²) in [5.74, 6) is 0.637. The number of hydrogen-bond acceptors (Lipinski definition) is 4. The quantitative estimate of drug-likeness (QED) is 0.570. The van der Waals surface area contributed by atoms with Gasteiger partial charge in [-0.1, -0.05) is 0 Å². The van der Waals surface area contributed by atoms with Gasteiger partial charge in [0.25, 0.3) is 0 Å². The summed E-state index contributed by atoms with van der Waals surface area (Å²) in [6, 6.07) is 4.63. The van der Waals surface area contributed by atoms with Crippen LogP contribution >= 0.6 is 11.3 Å². The molecular weight excluding hydrogens is 287 g/mol. The van der Waals surface area contributed by atoms with Crippen molar-refractivity contribution in [3.8, 4) is 0 Å². The molecule has 0 atom stereocenters. The van der Waals surface area contributed by atoms with Gasteiger partial charge in [-0.2, -0.15) is 0 Å². The smallest absolute Gasteiger partial charge is 0.124 e. The van der Waals surface area contributed by atoms with E-state index in [2.05, 4.69) is 15.0 Å². The minimum atomic E-state index is -0.264. The lowest BCUT2D eigenvalue weighted by Gasteiger charge is -2.03. The van der Waals surface area contributed by atoms with E-state index in [1.165, 1.54) is 12.1 Å². The zero-order valence-electron chi connectivity index (χ0n) is 11.2. The van der Waals surface area contributed by atoms with Gasteiger partial charge in [0.1, 0.15) is 17.2 Å². The topological polar surface area (TPSA) is 43.6 Å². The number of benzene rings is 1. The number of nitrogens with zero attached hydrogens (tertiary/aromatic N) is 4. The fraction of sp³-hybridized carbons (Fsp3) is 0.133. The molecule has 6 heteroatoms. The number of hydrogen-bond donors (Lipinski definition) is 0. The van der Waals surface area contributed by atoms with Crippen molar-refractivity contribution < 1.29 is 4.39 Å². The second-order valence-corrected chi connectivity index (χ2v) is 5.82. The average Bonchev–Trinajstić information content (AvgIpc) is 3.08. The molecule has 4 aromatic rings. The number of imidazole rings is 1. The van der Waals surface area contributed by atoms with Gasteiger partial charge in [0.05, 0.1) is 28.7 Å². The average molecular weight is 298 g/mol. The molecule has 0 fully saturated rings. The van der Waals surface area contributed by atoms with Crippen molar-refractivity contribution in [2.24, 2.45) is 7.05 Å². The summed E-state index contributed by atoms with van der Waals surface area (Å²) in [5.41, 5.74) is 2.46. The van der Waals surface area contributed by atoms with Crippen LogP contribution in [0, 0.1) is 5.82 Å². The summed E-state index contributed by atoms with van der Waals surface area (Å²) in [6.45, 7) is 0. The highest BCUT2D eigenvalue weighted by Gasteiger charge is 2.13. The molecule has 3 heterocycles. The van der Waals surface area contributed by atoms with E-state index in [4.69, 9.17) is 0 Å². The fourth-order valence-corrected chi connectivity index (χ4v) is 3.16. The number of halogens is 1. The number of fused-ring (bicyclic) bond motifs is 3. The molecule has 0 amide bonds. The van der Waals surface area contributed by atoms with Crippen molar-refractivity contribution in [2.45, 2.75) is 6.42 Å². The molecule has 21 heavy (non-hydrogen) atoms. The second kappa shape index (κ2) is 4.60. The Bertz CT molecular complexity index is 943. The van der Waals surface area contributed by atoms with Crippen LogP contribution in [0.4, 0.5) is 4.39 Å². The van der Waals surface area contributed by atoms with Gasteiger partial charge in [0.15, 0.2) is 0 Å². The molecule has 4 rings (SSSR count). The first kappa shape index (κ1) is 12.4. The largest absolute Gasteiger partial charge is 0.330 e. The molecule has 4 nitrogen and oxygen atoms in total. The van der Waals surface area contributed by atoms with Crippen LogP contribution in [0.25, 0.3) is 21.9 Å². The van der Waals surface area contributed by atoms with Crippen molar-refractivity contribution in [1.82, 2.24) is 19.5 Å². The van der Waals surface area contributed by atoms with E-state index in [1.54, 1.807) is 29.8 Å².